The Kier molecular flexibility index (Phi) is 7.95. The van der Waals surface area contributed by atoms with Crippen molar-refractivity contribution in [1.29, 1.82) is 0 Å². The molecule has 0 aliphatic heterocycles. The normalized spacial score (nSPS) is 13.2. The monoisotopic (exact) mass is 741 g/mol. The lowest BCUT2D eigenvalue weighted by atomic mass is 9.77. The lowest BCUT2D eigenvalue weighted by molar-refractivity contribution is 0.406. The number of methoxy groups -OCH3 is 1. The molecule has 0 saturated heterocycles. The first kappa shape index (κ1) is 34.3. The van der Waals surface area contributed by atoms with Gasteiger partial charge >= 0.3 is 0 Å². The number of hydrogen-bond acceptors (Lipinski definition) is 3. The topological polar surface area (TPSA) is 12.5 Å². The summed E-state index contributed by atoms with van der Waals surface area (Å²) in [5, 5.41) is 4.93. The molecule has 0 atom stereocenters. The van der Waals surface area contributed by atoms with E-state index in [0.717, 1.165) is 22.8 Å². The standard InChI is InChI=1S/C53H43NOS/c1-52(2,46-30-31-49-50(51(46)55-5)44-15-9-11-17-48(44)56-49)38-23-18-35(19-24-38)36-20-25-39(26-21-36)54(40-27-22-34-12-6-7-13-37(34)32-40)41-28-29-43-42-14-8-10-16-45(42)53(3,4)47(43)33-41/h6-33H,1-5H3. The van der Waals surface area contributed by atoms with Crippen molar-refractivity contribution in [3.05, 3.63) is 192 Å². The molecule has 1 heterocycles. The van der Waals surface area contributed by atoms with Crippen molar-refractivity contribution in [1.82, 2.24) is 0 Å². The van der Waals surface area contributed by atoms with E-state index >= 15 is 0 Å². The lowest BCUT2D eigenvalue weighted by Crippen LogP contribution is -2.20. The molecule has 1 aliphatic rings. The molecule has 8 aromatic carbocycles. The van der Waals surface area contributed by atoms with Crippen LogP contribution in [-0.2, 0) is 10.8 Å². The van der Waals surface area contributed by atoms with Crippen molar-refractivity contribution in [3.63, 3.8) is 0 Å². The Morgan fingerprint density at radius 1 is 0.536 bits per heavy atom. The van der Waals surface area contributed by atoms with Gasteiger partial charge in [-0.3, -0.25) is 0 Å². The average molecular weight is 742 g/mol. The number of thiophene rings is 1. The first-order valence-electron chi connectivity index (χ1n) is 19.5. The highest BCUT2D eigenvalue weighted by Crippen LogP contribution is 2.51. The Morgan fingerprint density at radius 3 is 1.95 bits per heavy atom. The molecule has 0 unspecified atom stereocenters. The predicted octanol–water partition coefficient (Wildman–Crippen LogP) is 15.0. The van der Waals surface area contributed by atoms with Gasteiger partial charge < -0.3 is 9.64 Å². The van der Waals surface area contributed by atoms with Gasteiger partial charge in [0, 0.05) is 53.6 Å². The maximum atomic E-state index is 6.19. The SMILES string of the molecule is COc1c(C(C)(C)c2ccc(-c3ccc(N(c4ccc5c(c4)C(C)(C)c4ccccc4-5)c4ccc5ccccc5c4)cc3)cc2)ccc2sc3ccccc3c12. The van der Waals surface area contributed by atoms with Gasteiger partial charge in [-0.1, -0.05) is 149 Å². The van der Waals surface area contributed by atoms with Crippen LogP contribution in [0.3, 0.4) is 0 Å². The van der Waals surface area contributed by atoms with E-state index in [1.807, 2.05) is 11.3 Å². The van der Waals surface area contributed by atoms with Gasteiger partial charge in [0.1, 0.15) is 5.75 Å². The minimum atomic E-state index is -0.267. The van der Waals surface area contributed by atoms with E-state index in [1.165, 1.54) is 75.5 Å². The summed E-state index contributed by atoms with van der Waals surface area (Å²) in [4.78, 5) is 2.40. The van der Waals surface area contributed by atoms with Crippen molar-refractivity contribution in [2.24, 2.45) is 0 Å². The third-order valence-electron chi connectivity index (χ3n) is 12.3. The molecule has 0 radical (unpaired) electrons. The van der Waals surface area contributed by atoms with Crippen molar-refractivity contribution < 1.29 is 4.74 Å². The highest BCUT2D eigenvalue weighted by Gasteiger charge is 2.36. The van der Waals surface area contributed by atoms with Gasteiger partial charge in [-0.2, -0.15) is 0 Å². The number of fused-ring (bicyclic) bond motifs is 7. The van der Waals surface area contributed by atoms with Crippen molar-refractivity contribution in [2.45, 2.75) is 38.5 Å². The van der Waals surface area contributed by atoms with E-state index in [9.17, 15) is 0 Å². The maximum Gasteiger partial charge on any atom is 0.132 e. The van der Waals surface area contributed by atoms with Gasteiger partial charge in [0.2, 0.25) is 0 Å². The highest BCUT2D eigenvalue weighted by molar-refractivity contribution is 7.25. The average Bonchev–Trinajstić information content (AvgIpc) is 3.73. The fraction of sp³-hybridized carbons (Fsp3) is 0.132. The van der Waals surface area contributed by atoms with Crippen molar-refractivity contribution in [3.8, 4) is 28.0 Å². The second-order valence-electron chi connectivity index (χ2n) is 16.1. The molecule has 0 amide bonds. The van der Waals surface area contributed by atoms with Crippen LogP contribution >= 0.6 is 11.3 Å². The Labute approximate surface area is 333 Å². The van der Waals surface area contributed by atoms with E-state index in [1.54, 1.807) is 7.11 Å². The lowest BCUT2D eigenvalue weighted by Gasteiger charge is -2.29. The van der Waals surface area contributed by atoms with Crippen LogP contribution in [0.1, 0.15) is 49.9 Å². The van der Waals surface area contributed by atoms with E-state index in [4.69, 9.17) is 4.74 Å². The second-order valence-corrected chi connectivity index (χ2v) is 17.2. The van der Waals surface area contributed by atoms with Gasteiger partial charge in [0.15, 0.2) is 0 Å². The van der Waals surface area contributed by atoms with Crippen LogP contribution < -0.4 is 9.64 Å². The van der Waals surface area contributed by atoms with Crippen LogP contribution in [0.5, 0.6) is 5.75 Å². The molecule has 3 heteroatoms. The number of anilines is 3. The molecule has 0 spiro atoms. The van der Waals surface area contributed by atoms with Crippen molar-refractivity contribution >= 4 is 59.3 Å². The molecule has 0 N–H and O–H groups in total. The summed E-state index contributed by atoms with van der Waals surface area (Å²) in [5.74, 6) is 0.969. The van der Waals surface area contributed by atoms with Crippen LogP contribution in [0, 0.1) is 0 Å². The molecule has 9 aromatic rings. The fourth-order valence-corrected chi connectivity index (χ4v) is 10.2. The zero-order valence-electron chi connectivity index (χ0n) is 32.4. The molecule has 2 nitrogen and oxygen atoms in total. The quantitative estimate of drug-likeness (QED) is 0.161. The summed E-state index contributed by atoms with van der Waals surface area (Å²) >= 11 is 1.83. The van der Waals surface area contributed by atoms with Crippen LogP contribution in [0.25, 0.3) is 53.2 Å². The summed E-state index contributed by atoms with van der Waals surface area (Å²) < 4.78 is 8.73. The van der Waals surface area contributed by atoms with Crippen LogP contribution in [0.4, 0.5) is 17.1 Å². The van der Waals surface area contributed by atoms with Crippen LogP contribution in [-0.4, -0.2) is 7.11 Å². The van der Waals surface area contributed by atoms with Crippen LogP contribution in [0.2, 0.25) is 0 Å². The summed E-state index contributed by atoms with van der Waals surface area (Å²) in [7, 11) is 1.80. The smallest absolute Gasteiger partial charge is 0.132 e. The number of benzene rings is 8. The number of nitrogens with zero attached hydrogens (tertiary/aromatic N) is 1. The zero-order chi connectivity index (χ0) is 38.2. The Morgan fingerprint density at radius 2 is 1.16 bits per heavy atom. The zero-order valence-corrected chi connectivity index (χ0v) is 33.2. The Hall–Kier alpha value is -6.16. The van der Waals surface area contributed by atoms with E-state index in [-0.39, 0.29) is 10.8 Å². The summed E-state index contributed by atoms with van der Waals surface area (Å²) in [5.41, 5.74) is 13.3. The third kappa shape index (κ3) is 5.37. The largest absolute Gasteiger partial charge is 0.496 e. The summed E-state index contributed by atoms with van der Waals surface area (Å²) in [6.07, 6.45) is 0. The third-order valence-corrected chi connectivity index (χ3v) is 13.4. The Bertz CT molecular complexity index is 2950. The van der Waals surface area contributed by atoms with E-state index in [0.29, 0.717) is 0 Å². The Balaban J connectivity index is 1.00. The molecule has 10 rings (SSSR count). The fourth-order valence-electron chi connectivity index (χ4n) is 9.12. The summed E-state index contributed by atoms with van der Waals surface area (Å²) in [6.45, 7) is 9.30. The molecule has 0 bridgehead atoms. The first-order valence-corrected chi connectivity index (χ1v) is 20.3. The number of ether oxygens (including phenoxy) is 1. The molecule has 272 valence electrons. The van der Waals surface area contributed by atoms with E-state index in [2.05, 4.69) is 202 Å². The first-order chi connectivity index (χ1) is 27.2. The minimum Gasteiger partial charge on any atom is -0.496 e. The minimum absolute atomic E-state index is 0.0856. The molecule has 1 aliphatic carbocycles. The maximum absolute atomic E-state index is 6.19. The number of hydrogen-bond donors (Lipinski definition) is 0. The van der Waals surface area contributed by atoms with Gasteiger partial charge in [-0.25, -0.2) is 0 Å². The molecule has 0 saturated carbocycles. The number of rotatable bonds is 7. The second kappa shape index (κ2) is 13.0. The van der Waals surface area contributed by atoms with Gasteiger partial charge in [0.05, 0.1) is 7.11 Å². The van der Waals surface area contributed by atoms with Gasteiger partial charge in [-0.05, 0) is 98.2 Å². The molecular weight excluding hydrogens is 699 g/mol. The summed E-state index contributed by atoms with van der Waals surface area (Å²) in [6, 6.07) is 62.6. The van der Waals surface area contributed by atoms with Gasteiger partial charge in [-0.15, -0.1) is 11.3 Å². The van der Waals surface area contributed by atoms with E-state index < -0.39 is 0 Å². The highest BCUT2D eigenvalue weighted by atomic mass is 32.1. The predicted molar refractivity (Wildman–Crippen MR) is 240 cm³/mol. The van der Waals surface area contributed by atoms with Gasteiger partial charge in [0.25, 0.3) is 0 Å². The molecule has 1 aromatic heterocycles. The molecule has 0 fully saturated rings. The molecule has 56 heavy (non-hydrogen) atoms. The van der Waals surface area contributed by atoms with Crippen LogP contribution in [0.15, 0.2) is 170 Å². The van der Waals surface area contributed by atoms with Crippen molar-refractivity contribution in [2.75, 3.05) is 12.0 Å². The molecular formula is C53H43NOS.